The Hall–Kier alpha value is -7.84. The van der Waals surface area contributed by atoms with Crippen molar-refractivity contribution in [3.8, 4) is 0 Å². The lowest BCUT2D eigenvalue weighted by molar-refractivity contribution is -0.145. The maximum atomic E-state index is 14.6. The van der Waals surface area contributed by atoms with Gasteiger partial charge >= 0.3 is 12.1 Å². The van der Waals surface area contributed by atoms with Crippen LogP contribution in [0, 0.1) is 0 Å². The molecular weight excluding hydrogens is 1050 g/mol. The van der Waals surface area contributed by atoms with E-state index in [-0.39, 0.29) is 60.9 Å². The van der Waals surface area contributed by atoms with Gasteiger partial charge in [-0.05, 0) is 169 Å². The molecule has 2 aliphatic carbocycles. The number of aryl methyl sites for hydroxylation is 2. The Morgan fingerprint density at radius 1 is 0.482 bits per heavy atom. The van der Waals surface area contributed by atoms with E-state index in [2.05, 4.69) is 66.8 Å². The number of hydrogen-bond acceptors (Lipinski definition) is 10. The van der Waals surface area contributed by atoms with Crippen molar-refractivity contribution >= 4 is 58.9 Å². The number of anilines is 2. The number of carbonyl (C=O) groups excluding carboxylic acids is 8. The number of rotatable bonds is 14. The van der Waals surface area contributed by atoms with Gasteiger partial charge in [0.25, 0.3) is 0 Å². The first-order valence-electron chi connectivity index (χ1n) is 29.8. The molecule has 4 saturated heterocycles. The Labute approximate surface area is 486 Å². The highest BCUT2D eigenvalue weighted by Crippen LogP contribution is 2.35. The fraction of sp³-hybridized carbons (Fsp3) is 0.492. The number of hydrogen-bond donors (Lipinski definition) is 8. The first-order valence-corrected chi connectivity index (χ1v) is 29.8. The summed E-state index contributed by atoms with van der Waals surface area (Å²) in [7, 11) is 3.31. The zero-order valence-electron chi connectivity index (χ0n) is 48.1. The molecule has 10 rings (SSSR count). The van der Waals surface area contributed by atoms with E-state index < -0.39 is 60.1 Å². The Bertz CT molecular complexity index is 2850. The maximum Gasteiger partial charge on any atom is 0.321 e. The lowest BCUT2D eigenvalue weighted by Crippen LogP contribution is -2.62. The van der Waals surface area contributed by atoms with Crippen molar-refractivity contribution in [1.82, 2.24) is 51.5 Å². The molecule has 20 heteroatoms. The molecule has 4 aromatic rings. The lowest BCUT2D eigenvalue weighted by Gasteiger charge is -2.39. The van der Waals surface area contributed by atoms with Crippen molar-refractivity contribution in [3.63, 3.8) is 0 Å². The zero-order valence-corrected chi connectivity index (χ0v) is 48.1. The van der Waals surface area contributed by atoms with Crippen LogP contribution in [0.4, 0.5) is 21.0 Å². The number of carbonyl (C=O) groups is 8. The van der Waals surface area contributed by atoms with Gasteiger partial charge in [0.15, 0.2) is 0 Å². The fourth-order valence-electron chi connectivity index (χ4n) is 13.1. The van der Waals surface area contributed by atoms with E-state index in [1.165, 1.54) is 11.1 Å². The van der Waals surface area contributed by atoms with Crippen LogP contribution in [0.3, 0.4) is 0 Å². The Balaban J connectivity index is 0.743. The molecule has 4 aliphatic heterocycles. The molecule has 0 radical (unpaired) electrons. The van der Waals surface area contributed by atoms with Crippen LogP contribution in [0.1, 0.15) is 124 Å². The van der Waals surface area contributed by atoms with Gasteiger partial charge in [0.05, 0.1) is 37.3 Å². The smallest absolute Gasteiger partial charge is 0.321 e. The van der Waals surface area contributed by atoms with Gasteiger partial charge in [-0.15, -0.1) is 0 Å². The van der Waals surface area contributed by atoms with E-state index in [0.29, 0.717) is 69.4 Å². The van der Waals surface area contributed by atoms with Crippen LogP contribution >= 0.6 is 0 Å². The van der Waals surface area contributed by atoms with E-state index in [1.54, 1.807) is 47.5 Å². The monoisotopic (exact) mass is 1130 g/mol. The Morgan fingerprint density at radius 3 is 1.28 bits per heavy atom. The molecule has 0 spiro atoms. The standard InChI is InChI=1S/C63H80N12O8/c1-38(64-3)56(76)70-52-36-72(33-31-46-27-29-54(74(46)60(52)80)58(78)68-50-17-9-13-42-11-5-7-15-48(42)50)62(82)66-44-23-19-40(20-24-44)35-41-21-25-45(26-22-41)67-63(83)73-34-32-47-28-30-55(75(47)61(81)53(37-73)71-57(77)39(2)65-4)59(79)69-51-18-10-14-43-12-6-8-16-49(43)51/h5-8,11-12,15-16,19-26,38-39,46-47,50-55,64-65H,9-10,13-14,17-18,27-37H2,1-4H3,(H,66,82)(H,67,83)(H,68,78)(H,69,79)(H,70,76)(H,71,77)/t38-,39-,46+,47+,50+,51+,52-,53-,54-,55-/m0/s1. The summed E-state index contributed by atoms with van der Waals surface area (Å²) in [5.74, 6) is -1.95. The highest BCUT2D eigenvalue weighted by atomic mass is 16.2. The maximum absolute atomic E-state index is 14.6. The highest BCUT2D eigenvalue weighted by Gasteiger charge is 2.48. The van der Waals surface area contributed by atoms with Gasteiger partial charge in [0, 0.05) is 36.5 Å². The second-order valence-electron chi connectivity index (χ2n) is 23.3. The predicted octanol–water partition coefficient (Wildman–Crippen LogP) is 5.04. The third kappa shape index (κ3) is 13.3. The lowest BCUT2D eigenvalue weighted by atomic mass is 9.87. The number of nitrogens with one attached hydrogen (secondary N) is 8. The first-order chi connectivity index (χ1) is 40.2. The molecule has 83 heavy (non-hydrogen) atoms. The van der Waals surface area contributed by atoms with Crippen LogP contribution in [0.25, 0.3) is 0 Å². The van der Waals surface area contributed by atoms with E-state index in [9.17, 15) is 38.4 Å². The van der Waals surface area contributed by atoms with Crippen molar-refractivity contribution in [2.45, 2.75) is 158 Å². The molecule has 8 N–H and O–H groups in total. The number of nitrogens with zero attached hydrogens (tertiary/aromatic N) is 4. The minimum atomic E-state index is -1.08. The van der Waals surface area contributed by atoms with Gasteiger partial charge in [0.2, 0.25) is 35.4 Å². The SMILES string of the molecule is CN[C@@H](C)C(=O)N[C@H]1CN(C(=O)Nc2ccc(Cc3ccc(NC(=O)N4CC[C@H]5CC[C@@H](C(=O)N[C@@H]6CCCc7ccccc76)N5C(=O)[C@@H](NC(=O)[C@H](C)NC)C4)cc3)cc2)CC[C@H]2CC[C@@H](C(=O)N[C@@H]3CCCc4ccccc43)N2C1=O. The van der Waals surface area contributed by atoms with E-state index in [0.717, 1.165) is 60.8 Å². The summed E-state index contributed by atoms with van der Waals surface area (Å²) in [6.45, 7) is 3.82. The Morgan fingerprint density at radius 2 is 0.880 bits per heavy atom. The molecule has 6 aliphatic rings. The van der Waals surface area contributed by atoms with Crippen LogP contribution in [0.2, 0.25) is 0 Å². The molecule has 0 bridgehead atoms. The molecular formula is C63H80N12O8. The minimum absolute atomic E-state index is 0.0838. The van der Waals surface area contributed by atoms with Crippen LogP contribution in [0.5, 0.6) is 0 Å². The number of urea groups is 2. The molecule has 0 saturated carbocycles. The van der Waals surface area contributed by atoms with Crippen molar-refractivity contribution in [2.75, 3.05) is 50.9 Å². The Kier molecular flexibility index (Phi) is 18.4. The van der Waals surface area contributed by atoms with E-state index in [1.807, 2.05) is 72.8 Å². The van der Waals surface area contributed by atoms with Gasteiger partial charge in [-0.1, -0.05) is 72.8 Å². The van der Waals surface area contributed by atoms with Gasteiger partial charge < -0.3 is 62.1 Å². The van der Waals surface area contributed by atoms with Gasteiger partial charge in [-0.25, -0.2) is 9.59 Å². The molecule has 0 unspecified atom stereocenters. The first kappa shape index (κ1) is 58.4. The van der Waals surface area contributed by atoms with E-state index >= 15 is 0 Å². The molecule has 4 fully saturated rings. The molecule has 10 amide bonds. The summed E-state index contributed by atoms with van der Waals surface area (Å²) in [6, 6.07) is 24.8. The van der Waals surface area contributed by atoms with Crippen molar-refractivity contribution in [2.24, 2.45) is 0 Å². The van der Waals surface area contributed by atoms with Crippen LogP contribution in [0.15, 0.2) is 97.1 Å². The average Bonchev–Trinajstić information content (AvgIpc) is 4.34. The van der Waals surface area contributed by atoms with Crippen LogP contribution in [-0.2, 0) is 48.0 Å². The molecule has 20 nitrogen and oxygen atoms in total. The quantitative estimate of drug-likeness (QED) is 0.0836. The van der Waals surface area contributed by atoms with Gasteiger partial charge in [-0.3, -0.25) is 28.8 Å². The third-order valence-corrected chi connectivity index (χ3v) is 18.0. The largest absolute Gasteiger partial charge is 0.347 e. The number of benzene rings is 4. The van der Waals surface area contributed by atoms with Crippen molar-refractivity contribution in [1.29, 1.82) is 0 Å². The summed E-state index contributed by atoms with van der Waals surface area (Å²) in [5, 5.41) is 24.2. The molecule has 0 aromatic heterocycles. The number of likely N-dealkylation sites (N-methyl/N-ethyl adjacent to an activating group) is 2. The average molecular weight is 1130 g/mol. The molecule has 4 heterocycles. The van der Waals surface area contributed by atoms with Crippen LogP contribution < -0.4 is 42.5 Å². The molecule has 4 aromatic carbocycles. The summed E-state index contributed by atoms with van der Waals surface area (Å²) < 4.78 is 0. The summed E-state index contributed by atoms with van der Waals surface area (Å²) in [6.07, 6.45) is 9.11. The number of amides is 10. The van der Waals surface area contributed by atoms with Gasteiger partial charge in [-0.2, -0.15) is 0 Å². The second-order valence-corrected chi connectivity index (χ2v) is 23.3. The predicted molar refractivity (Wildman–Crippen MR) is 315 cm³/mol. The van der Waals surface area contributed by atoms with Gasteiger partial charge in [0.1, 0.15) is 24.2 Å². The number of fused-ring (bicyclic) bond motifs is 4. The molecule has 10 atom stereocenters. The third-order valence-electron chi connectivity index (χ3n) is 18.0. The summed E-state index contributed by atoms with van der Waals surface area (Å²) >= 11 is 0. The zero-order chi connectivity index (χ0) is 58.3. The van der Waals surface area contributed by atoms with Crippen LogP contribution in [-0.4, -0.2) is 156 Å². The normalized spacial score (nSPS) is 24.9. The summed E-state index contributed by atoms with van der Waals surface area (Å²) in [5.41, 5.74) is 7.71. The van der Waals surface area contributed by atoms with Crippen molar-refractivity contribution in [3.05, 3.63) is 130 Å². The van der Waals surface area contributed by atoms with E-state index in [4.69, 9.17) is 0 Å². The molecule has 440 valence electrons. The highest BCUT2D eigenvalue weighted by molar-refractivity contribution is 5.97. The minimum Gasteiger partial charge on any atom is -0.347 e. The van der Waals surface area contributed by atoms with Crippen molar-refractivity contribution < 1.29 is 38.4 Å². The second kappa shape index (κ2) is 26.2. The topological polar surface area (TPSA) is 246 Å². The fourth-order valence-corrected chi connectivity index (χ4v) is 13.1. The summed E-state index contributed by atoms with van der Waals surface area (Å²) in [4.78, 5) is 119.